The minimum absolute atomic E-state index is 0.810. The lowest BCUT2D eigenvalue weighted by molar-refractivity contribution is 0.0446. The van der Waals surface area contributed by atoms with Crippen LogP contribution in [0, 0.1) is 5.92 Å². The Balaban J connectivity index is 1.80. The normalized spacial score (nSPS) is 27.3. The lowest BCUT2D eigenvalue weighted by Crippen LogP contribution is -2.51. The average Bonchev–Trinajstić information content (AvgIpc) is 2.46. The number of likely N-dealkylation sites (tertiary alicyclic amines) is 2. The van der Waals surface area contributed by atoms with Gasteiger partial charge in [0.1, 0.15) is 0 Å². The second kappa shape index (κ2) is 8.35. The van der Waals surface area contributed by atoms with Crippen LogP contribution < -0.4 is 5.32 Å². The summed E-state index contributed by atoms with van der Waals surface area (Å²) in [5.41, 5.74) is 0. The van der Waals surface area contributed by atoms with Crippen molar-refractivity contribution in [2.24, 2.45) is 5.92 Å². The van der Waals surface area contributed by atoms with E-state index in [2.05, 4.69) is 36.0 Å². The Morgan fingerprint density at radius 2 is 1.80 bits per heavy atom. The monoisotopic (exact) mass is 281 g/mol. The highest BCUT2D eigenvalue weighted by molar-refractivity contribution is 4.87. The van der Waals surface area contributed by atoms with Crippen molar-refractivity contribution in [2.75, 3.05) is 39.8 Å². The molecule has 2 rings (SSSR count). The van der Waals surface area contributed by atoms with Crippen molar-refractivity contribution in [1.82, 2.24) is 15.1 Å². The average molecular weight is 281 g/mol. The van der Waals surface area contributed by atoms with Crippen molar-refractivity contribution >= 4 is 0 Å². The molecule has 1 N–H and O–H groups in total. The first-order chi connectivity index (χ1) is 9.70. The SMILES string of the molecule is CNCCC1CCCCN1C1CCN(CC(C)C)CC1. The fourth-order valence-electron chi connectivity index (χ4n) is 4.07. The van der Waals surface area contributed by atoms with E-state index in [9.17, 15) is 0 Å². The van der Waals surface area contributed by atoms with Crippen LogP contribution in [0.25, 0.3) is 0 Å². The topological polar surface area (TPSA) is 18.5 Å². The second-order valence-corrected chi connectivity index (χ2v) is 7.21. The molecular weight excluding hydrogens is 246 g/mol. The van der Waals surface area contributed by atoms with Crippen LogP contribution >= 0.6 is 0 Å². The van der Waals surface area contributed by atoms with E-state index in [1.807, 2.05) is 0 Å². The van der Waals surface area contributed by atoms with Crippen LogP contribution in [-0.2, 0) is 0 Å². The maximum absolute atomic E-state index is 3.33. The highest BCUT2D eigenvalue weighted by Crippen LogP contribution is 2.27. The van der Waals surface area contributed by atoms with Crippen LogP contribution in [-0.4, -0.2) is 61.7 Å². The first kappa shape index (κ1) is 16.3. The van der Waals surface area contributed by atoms with Gasteiger partial charge in [0.05, 0.1) is 0 Å². The van der Waals surface area contributed by atoms with Crippen LogP contribution in [0.15, 0.2) is 0 Å². The maximum atomic E-state index is 3.33. The molecule has 0 saturated carbocycles. The van der Waals surface area contributed by atoms with Crippen molar-refractivity contribution in [3.8, 4) is 0 Å². The van der Waals surface area contributed by atoms with Crippen molar-refractivity contribution in [3.63, 3.8) is 0 Å². The molecule has 0 bridgehead atoms. The molecule has 3 heteroatoms. The largest absolute Gasteiger partial charge is 0.320 e. The second-order valence-electron chi connectivity index (χ2n) is 7.21. The Morgan fingerprint density at radius 3 is 2.45 bits per heavy atom. The van der Waals surface area contributed by atoms with E-state index < -0.39 is 0 Å². The summed E-state index contributed by atoms with van der Waals surface area (Å²) in [4.78, 5) is 5.54. The fraction of sp³-hybridized carbons (Fsp3) is 1.00. The molecule has 0 spiro atoms. The third kappa shape index (κ3) is 4.71. The van der Waals surface area contributed by atoms with Gasteiger partial charge in [0.25, 0.3) is 0 Å². The number of piperidine rings is 2. The Hall–Kier alpha value is -0.120. The number of nitrogens with zero attached hydrogens (tertiary/aromatic N) is 2. The van der Waals surface area contributed by atoms with Crippen LogP contribution in [0.3, 0.4) is 0 Å². The molecule has 2 aliphatic rings. The first-order valence-electron chi connectivity index (χ1n) is 8.83. The van der Waals surface area contributed by atoms with Crippen LogP contribution in [0.4, 0.5) is 0 Å². The lowest BCUT2D eigenvalue weighted by Gasteiger charge is -2.45. The molecule has 0 aromatic rings. The van der Waals surface area contributed by atoms with Gasteiger partial charge in [0, 0.05) is 18.6 Å². The summed E-state index contributed by atoms with van der Waals surface area (Å²) < 4.78 is 0. The first-order valence-corrected chi connectivity index (χ1v) is 8.83. The molecule has 118 valence electrons. The van der Waals surface area contributed by atoms with Gasteiger partial charge in [0.15, 0.2) is 0 Å². The third-order valence-corrected chi connectivity index (χ3v) is 5.05. The summed E-state index contributed by atoms with van der Waals surface area (Å²) in [5.74, 6) is 0.810. The Bertz CT molecular complexity index is 259. The van der Waals surface area contributed by atoms with E-state index in [0.717, 1.165) is 18.0 Å². The van der Waals surface area contributed by atoms with Crippen molar-refractivity contribution in [1.29, 1.82) is 0 Å². The van der Waals surface area contributed by atoms with Gasteiger partial charge in [-0.05, 0) is 71.2 Å². The van der Waals surface area contributed by atoms with E-state index in [1.54, 1.807) is 0 Å². The zero-order chi connectivity index (χ0) is 14.4. The molecule has 0 aliphatic carbocycles. The molecule has 2 aliphatic heterocycles. The molecular formula is C17H35N3. The lowest BCUT2D eigenvalue weighted by atomic mass is 9.93. The summed E-state index contributed by atoms with van der Waals surface area (Å²) in [5, 5.41) is 3.33. The van der Waals surface area contributed by atoms with Gasteiger partial charge < -0.3 is 10.2 Å². The fourth-order valence-corrected chi connectivity index (χ4v) is 4.07. The van der Waals surface area contributed by atoms with Crippen molar-refractivity contribution in [2.45, 2.75) is 64.5 Å². The molecule has 20 heavy (non-hydrogen) atoms. The van der Waals surface area contributed by atoms with E-state index in [-0.39, 0.29) is 0 Å². The van der Waals surface area contributed by atoms with Crippen LogP contribution in [0.2, 0.25) is 0 Å². The van der Waals surface area contributed by atoms with E-state index in [0.29, 0.717) is 0 Å². The van der Waals surface area contributed by atoms with Gasteiger partial charge in [-0.25, -0.2) is 0 Å². The summed E-state index contributed by atoms with van der Waals surface area (Å²) in [6.07, 6.45) is 8.40. The standard InChI is InChI=1S/C17H35N3/c1-15(2)14-19-12-8-17(9-13-19)20-11-5-4-6-16(20)7-10-18-3/h15-18H,4-14H2,1-3H3. The van der Waals surface area contributed by atoms with Gasteiger partial charge in [0.2, 0.25) is 0 Å². The predicted octanol–water partition coefficient (Wildman–Crippen LogP) is 2.57. The highest BCUT2D eigenvalue weighted by atomic mass is 15.2. The molecule has 2 fully saturated rings. The molecule has 2 saturated heterocycles. The Kier molecular flexibility index (Phi) is 6.79. The number of rotatable bonds is 6. The van der Waals surface area contributed by atoms with E-state index in [1.165, 1.54) is 71.2 Å². The molecule has 1 unspecified atom stereocenters. The minimum atomic E-state index is 0.810. The minimum Gasteiger partial charge on any atom is -0.320 e. The van der Waals surface area contributed by atoms with Crippen molar-refractivity contribution in [3.05, 3.63) is 0 Å². The smallest absolute Gasteiger partial charge is 0.0122 e. The van der Waals surface area contributed by atoms with Gasteiger partial charge >= 0.3 is 0 Å². The molecule has 0 radical (unpaired) electrons. The van der Waals surface area contributed by atoms with Crippen LogP contribution in [0.1, 0.15) is 52.4 Å². The van der Waals surface area contributed by atoms with Gasteiger partial charge in [-0.2, -0.15) is 0 Å². The summed E-state index contributed by atoms with van der Waals surface area (Å²) in [7, 11) is 2.08. The highest BCUT2D eigenvalue weighted by Gasteiger charge is 2.30. The molecule has 0 amide bonds. The zero-order valence-corrected chi connectivity index (χ0v) is 13.9. The molecule has 1 atom stereocenters. The molecule has 0 aromatic carbocycles. The third-order valence-electron chi connectivity index (χ3n) is 5.05. The summed E-state index contributed by atoms with van der Waals surface area (Å²) in [6.45, 7) is 11.1. The molecule has 3 nitrogen and oxygen atoms in total. The van der Waals surface area contributed by atoms with Gasteiger partial charge in [-0.1, -0.05) is 20.3 Å². The Labute approximate surface area is 126 Å². The summed E-state index contributed by atoms with van der Waals surface area (Å²) in [6, 6.07) is 1.71. The van der Waals surface area contributed by atoms with E-state index in [4.69, 9.17) is 0 Å². The summed E-state index contributed by atoms with van der Waals surface area (Å²) >= 11 is 0. The predicted molar refractivity (Wildman–Crippen MR) is 87.2 cm³/mol. The number of hydrogen-bond acceptors (Lipinski definition) is 3. The quantitative estimate of drug-likeness (QED) is 0.807. The van der Waals surface area contributed by atoms with Crippen molar-refractivity contribution < 1.29 is 0 Å². The Morgan fingerprint density at radius 1 is 1.05 bits per heavy atom. The number of nitrogens with one attached hydrogen (secondary N) is 1. The maximum Gasteiger partial charge on any atom is 0.0122 e. The van der Waals surface area contributed by atoms with Gasteiger partial charge in [-0.3, -0.25) is 4.90 Å². The van der Waals surface area contributed by atoms with E-state index >= 15 is 0 Å². The number of hydrogen-bond donors (Lipinski definition) is 1. The van der Waals surface area contributed by atoms with Crippen LogP contribution in [0.5, 0.6) is 0 Å². The van der Waals surface area contributed by atoms with Gasteiger partial charge in [-0.15, -0.1) is 0 Å². The molecule has 2 heterocycles. The zero-order valence-electron chi connectivity index (χ0n) is 13.9. The molecule has 0 aromatic heterocycles.